The molecule has 0 radical (unpaired) electrons. The molecule has 1 aromatic carbocycles. The summed E-state index contributed by atoms with van der Waals surface area (Å²) in [5.41, 5.74) is -0.431. The third-order valence-electron chi connectivity index (χ3n) is 3.76. The zero-order chi connectivity index (χ0) is 14.6. The van der Waals surface area contributed by atoms with Crippen LogP contribution in [0.4, 0.5) is 4.39 Å². The molecule has 0 bridgehead atoms. The van der Waals surface area contributed by atoms with Gasteiger partial charge in [-0.2, -0.15) is 0 Å². The van der Waals surface area contributed by atoms with Gasteiger partial charge in [0, 0.05) is 6.54 Å². The molecule has 0 saturated heterocycles. The number of aliphatic hydroxyl groups excluding tert-OH is 1. The molecule has 110 valence electrons. The lowest BCUT2D eigenvalue weighted by atomic mass is 10.0. The van der Waals surface area contributed by atoms with Crippen LogP contribution in [-0.2, 0) is 4.79 Å². The van der Waals surface area contributed by atoms with Crippen molar-refractivity contribution in [3.8, 4) is 0 Å². The summed E-state index contributed by atoms with van der Waals surface area (Å²) in [6, 6.07) is 5.56. The Hall–Kier alpha value is -1.46. The minimum Gasteiger partial charge on any atom is -0.388 e. The number of benzene rings is 1. The molecule has 20 heavy (non-hydrogen) atoms. The number of amides is 1. The average molecular weight is 281 g/mol. The first-order valence-electron chi connectivity index (χ1n) is 6.91. The quantitative estimate of drug-likeness (QED) is 0.769. The zero-order valence-electron chi connectivity index (χ0n) is 11.3. The summed E-state index contributed by atoms with van der Waals surface area (Å²) < 4.78 is 13.0. The number of hydrogen-bond acceptors (Lipinski definition) is 3. The molecule has 1 fully saturated rings. The average Bonchev–Trinajstić information content (AvgIpc) is 2.84. The first-order chi connectivity index (χ1) is 9.48. The number of halogens is 1. The number of carbonyl (C=O) groups is 1. The van der Waals surface area contributed by atoms with Crippen LogP contribution in [0.15, 0.2) is 24.3 Å². The lowest BCUT2D eigenvalue weighted by molar-refractivity contribution is -0.124. The van der Waals surface area contributed by atoms with Crippen LogP contribution in [0.5, 0.6) is 0 Å². The van der Waals surface area contributed by atoms with E-state index in [4.69, 9.17) is 0 Å². The smallest absolute Gasteiger partial charge is 0.223 e. The van der Waals surface area contributed by atoms with E-state index < -0.39 is 17.5 Å². The second-order valence-electron chi connectivity index (χ2n) is 5.48. The van der Waals surface area contributed by atoms with Crippen molar-refractivity contribution in [3.63, 3.8) is 0 Å². The first-order valence-corrected chi connectivity index (χ1v) is 6.91. The third-order valence-corrected chi connectivity index (χ3v) is 3.76. The Morgan fingerprint density at radius 3 is 2.75 bits per heavy atom. The third kappa shape index (κ3) is 4.02. The number of hydrogen-bond donors (Lipinski definition) is 3. The van der Waals surface area contributed by atoms with Crippen LogP contribution in [0.1, 0.15) is 43.8 Å². The van der Waals surface area contributed by atoms with Crippen molar-refractivity contribution in [2.45, 2.75) is 43.8 Å². The highest BCUT2D eigenvalue weighted by Gasteiger charge is 2.31. The monoisotopic (exact) mass is 281 g/mol. The van der Waals surface area contributed by atoms with Crippen LogP contribution >= 0.6 is 0 Å². The van der Waals surface area contributed by atoms with Gasteiger partial charge in [0.2, 0.25) is 5.91 Å². The predicted octanol–water partition coefficient (Wildman–Crippen LogP) is 1.67. The SMILES string of the molecule is O=C(CC(O)c1cccc(F)c1)NCC1(O)CCCC1. The van der Waals surface area contributed by atoms with E-state index in [1.54, 1.807) is 6.07 Å². The van der Waals surface area contributed by atoms with Crippen molar-refractivity contribution in [1.82, 2.24) is 5.32 Å². The summed E-state index contributed by atoms with van der Waals surface area (Å²) in [7, 11) is 0. The number of nitrogens with one attached hydrogen (secondary N) is 1. The molecule has 1 aliphatic carbocycles. The van der Waals surface area contributed by atoms with Gasteiger partial charge in [0.25, 0.3) is 0 Å². The molecule has 5 heteroatoms. The van der Waals surface area contributed by atoms with Gasteiger partial charge in [-0.25, -0.2) is 4.39 Å². The molecule has 0 heterocycles. The van der Waals surface area contributed by atoms with Gasteiger partial charge in [-0.05, 0) is 30.5 Å². The van der Waals surface area contributed by atoms with Crippen LogP contribution in [0.25, 0.3) is 0 Å². The van der Waals surface area contributed by atoms with Crippen molar-refractivity contribution >= 4 is 5.91 Å². The van der Waals surface area contributed by atoms with Crippen LogP contribution in [-0.4, -0.2) is 28.3 Å². The molecule has 2 rings (SSSR count). The molecule has 1 unspecified atom stereocenters. The molecule has 1 saturated carbocycles. The molecule has 1 atom stereocenters. The van der Waals surface area contributed by atoms with E-state index in [9.17, 15) is 19.4 Å². The maximum Gasteiger partial charge on any atom is 0.223 e. The molecule has 0 spiro atoms. The Bertz CT molecular complexity index is 472. The summed E-state index contributed by atoms with van der Waals surface area (Å²) in [6.45, 7) is 0.210. The van der Waals surface area contributed by atoms with Gasteiger partial charge in [0.1, 0.15) is 5.82 Å². The normalized spacial score (nSPS) is 18.8. The van der Waals surface area contributed by atoms with Crippen molar-refractivity contribution < 1.29 is 19.4 Å². The van der Waals surface area contributed by atoms with Crippen molar-refractivity contribution in [2.24, 2.45) is 0 Å². The van der Waals surface area contributed by atoms with E-state index in [2.05, 4.69) is 5.32 Å². The second-order valence-corrected chi connectivity index (χ2v) is 5.48. The van der Waals surface area contributed by atoms with Crippen LogP contribution < -0.4 is 5.32 Å². The number of aliphatic hydroxyl groups is 2. The van der Waals surface area contributed by atoms with Gasteiger partial charge in [-0.1, -0.05) is 25.0 Å². The van der Waals surface area contributed by atoms with E-state index in [0.717, 1.165) is 12.8 Å². The van der Waals surface area contributed by atoms with Gasteiger partial charge in [0.05, 0.1) is 18.1 Å². The lowest BCUT2D eigenvalue weighted by Crippen LogP contribution is -2.41. The van der Waals surface area contributed by atoms with E-state index in [1.165, 1.54) is 18.2 Å². The minimum atomic E-state index is -1.04. The van der Waals surface area contributed by atoms with E-state index in [-0.39, 0.29) is 18.9 Å². The van der Waals surface area contributed by atoms with Gasteiger partial charge in [0.15, 0.2) is 0 Å². The van der Waals surface area contributed by atoms with Crippen molar-refractivity contribution in [1.29, 1.82) is 0 Å². The molecular formula is C15H20FNO3. The fraction of sp³-hybridized carbons (Fsp3) is 0.533. The molecule has 0 aliphatic heterocycles. The summed E-state index contributed by atoms with van der Waals surface area (Å²) >= 11 is 0. The standard InChI is InChI=1S/C15H20FNO3/c16-12-5-3-4-11(8-12)13(18)9-14(19)17-10-15(20)6-1-2-7-15/h3-5,8,13,18,20H,1-2,6-7,9-10H2,(H,17,19). The molecule has 3 N–H and O–H groups in total. The highest BCUT2D eigenvalue weighted by molar-refractivity contribution is 5.76. The first kappa shape index (κ1) is 14.9. The number of rotatable bonds is 5. The van der Waals surface area contributed by atoms with Gasteiger partial charge in [-0.15, -0.1) is 0 Å². The van der Waals surface area contributed by atoms with E-state index in [1.807, 2.05) is 0 Å². The zero-order valence-corrected chi connectivity index (χ0v) is 11.3. The Morgan fingerprint density at radius 2 is 2.10 bits per heavy atom. The Morgan fingerprint density at radius 1 is 1.40 bits per heavy atom. The van der Waals surface area contributed by atoms with Crippen LogP contribution in [0.3, 0.4) is 0 Å². The Balaban J connectivity index is 1.82. The van der Waals surface area contributed by atoms with E-state index >= 15 is 0 Å². The maximum absolute atomic E-state index is 13.0. The van der Waals surface area contributed by atoms with Gasteiger partial charge in [-0.3, -0.25) is 4.79 Å². The maximum atomic E-state index is 13.0. The molecule has 1 aromatic rings. The number of carbonyl (C=O) groups excluding carboxylic acids is 1. The molecule has 4 nitrogen and oxygen atoms in total. The molecule has 1 aliphatic rings. The highest BCUT2D eigenvalue weighted by atomic mass is 19.1. The molecule has 1 amide bonds. The van der Waals surface area contributed by atoms with E-state index in [0.29, 0.717) is 18.4 Å². The molecule has 0 aromatic heterocycles. The largest absolute Gasteiger partial charge is 0.388 e. The summed E-state index contributed by atoms with van der Waals surface area (Å²) in [4.78, 5) is 11.7. The summed E-state index contributed by atoms with van der Waals surface area (Å²) in [6.07, 6.45) is 2.15. The fourth-order valence-electron chi connectivity index (χ4n) is 2.55. The second kappa shape index (κ2) is 6.33. The van der Waals surface area contributed by atoms with Crippen LogP contribution in [0, 0.1) is 5.82 Å². The van der Waals surface area contributed by atoms with Gasteiger partial charge < -0.3 is 15.5 Å². The lowest BCUT2D eigenvalue weighted by Gasteiger charge is -2.22. The summed E-state index contributed by atoms with van der Waals surface area (Å²) in [5, 5.41) is 22.6. The topological polar surface area (TPSA) is 69.6 Å². The minimum absolute atomic E-state index is 0.139. The predicted molar refractivity (Wildman–Crippen MR) is 72.4 cm³/mol. The van der Waals surface area contributed by atoms with Crippen LogP contribution in [0.2, 0.25) is 0 Å². The highest BCUT2D eigenvalue weighted by Crippen LogP contribution is 2.28. The Labute approximate surface area is 117 Å². The summed E-state index contributed by atoms with van der Waals surface area (Å²) in [5.74, 6) is -0.788. The van der Waals surface area contributed by atoms with Crippen molar-refractivity contribution in [2.75, 3.05) is 6.54 Å². The fourth-order valence-corrected chi connectivity index (χ4v) is 2.55. The molecular weight excluding hydrogens is 261 g/mol. The van der Waals surface area contributed by atoms with Crippen molar-refractivity contribution in [3.05, 3.63) is 35.6 Å². The van der Waals surface area contributed by atoms with Gasteiger partial charge >= 0.3 is 0 Å². The Kier molecular flexibility index (Phi) is 4.73.